The Balaban J connectivity index is 1.79. The molecule has 0 amide bonds. The second kappa shape index (κ2) is 8.23. The summed E-state index contributed by atoms with van der Waals surface area (Å²) in [5.74, 6) is 0. The van der Waals surface area contributed by atoms with Gasteiger partial charge in [-0.15, -0.1) is 0 Å². The molecule has 0 spiro atoms. The molecule has 36 heavy (non-hydrogen) atoms. The van der Waals surface area contributed by atoms with Crippen LogP contribution < -0.4 is 5.69 Å². The molecule has 1 fully saturated rings. The number of aromatic nitrogens is 4. The minimum absolute atomic E-state index is 0.00571. The van der Waals surface area contributed by atoms with Crippen molar-refractivity contribution in [3.05, 3.63) is 88.1 Å². The summed E-state index contributed by atoms with van der Waals surface area (Å²) in [6.07, 6.45) is -2.45. The van der Waals surface area contributed by atoms with Gasteiger partial charge in [0.1, 0.15) is 5.69 Å². The summed E-state index contributed by atoms with van der Waals surface area (Å²) >= 11 is 0. The van der Waals surface area contributed by atoms with E-state index < -0.39 is 32.7 Å². The quantitative estimate of drug-likeness (QED) is 0.401. The lowest BCUT2D eigenvalue weighted by Crippen LogP contribution is -2.32. The van der Waals surface area contributed by atoms with Gasteiger partial charge < -0.3 is 0 Å². The van der Waals surface area contributed by atoms with Gasteiger partial charge in [-0.2, -0.15) is 27.5 Å². The molecule has 2 aromatic carbocycles. The van der Waals surface area contributed by atoms with E-state index in [1.54, 1.807) is 24.3 Å². The Morgan fingerprint density at radius 1 is 1.06 bits per heavy atom. The van der Waals surface area contributed by atoms with Crippen molar-refractivity contribution in [1.29, 1.82) is 5.26 Å². The van der Waals surface area contributed by atoms with Crippen LogP contribution in [-0.4, -0.2) is 32.0 Å². The van der Waals surface area contributed by atoms with Gasteiger partial charge in [0, 0.05) is 0 Å². The van der Waals surface area contributed by atoms with Crippen LogP contribution >= 0.6 is 0 Å². The third-order valence-corrected chi connectivity index (χ3v) is 8.17. The van der Waals surface area contributed by atoms with Gasteiger partial charge in [0.25, 0.3) is 0 Å². The normalized spacial score (nSPS) is 14.1. The molecule has 0 saturated heterocycles. The topological polar surface area (TPSA) is 103 Å². The molecule has 1 aliphatic carbocycles. The smallest absolute Gasteiger partial charge is 0.264 e. The highest BCUT2D eigenvalue weighted by molar-refractivity contribution is 7.90. The average Bonchev–Trinajstić information content (AvgIpc) is 3.54. The molecule has 8 nitrogen and oxygen atoms in total. The zero-order valence-corrected chi connectivity index (χ0v) is 19.6. The third-order valence-electron chi connectivity index (χ3n) is 6.00. The fourth-order valence-electron chi connectivity index (χ4n) is 4.11. The summed E-state index contributed by atoms with van der Waals surface area (Å²) in [6, 6.07) is 14.1. The Labute approximate surface area is 203 Å². The minimum atomic E-state index is -4.65. The van der Waals surface area contributed by atoms with Crippen molar-refractivity contribution in [2.75, 3.05) is 0 Å². The number of benzene rings is 2. The van der Waals surface area contributed by atoms with Gasteiger partial charge in [-0.25, -0.2) is 17.9 Å². The van der Waals surface area contributed by atoms with Gasteiger partial charge in [-0.05, 0) is 68.3 Å². The Bertz CT molecular complexity index is 1690. The van der Waals surface area contributed by atoms with E-state index in [2.05, 4.69) is 5.10 Å². The van der Waals surface area contributed by atoms with Gasteiger partial charge in [-0.1, -0.05) is 6.07 Å². The largest absolute Gasteiger partial charge is 0.416 e. The van der Waals surface area contributed by atoms with E-state index in [0.717, 1.165) is 22.8 Å². The van der Waals surface area contributed by atoms with Crippen LogP contribution in [0.2, 0.25) is 0 Å². The average molecular weight is 514 g/mol. The van der Waals surface area contributed by atoms with Gasteiger partial charge >= 0.3 is 11.9 Å². The first-order valence-corrected chi connectivity index (χ1v) is 12.4. The van der Waals surface area contributed by atoms with Crippen LogP contribution in [-0.2, 0) is 16.2 Å². The highest BCUT2D eigenvalue weighted by Gasteiger charge is 2.41. The fourth-order valence-corrected chi connectivity index (χ4v) is 5.92. The molecule has 2 aromatic heterocycles. The summed E-state index contributed by atoms with van der Waals surface area (Å²) in [5, 5.41) is 12.6. The summed E-state index contributed by atoms with van der Waals surface area (Å²) in [6.45, 7) is 1.48. The van der Waals surface area contributed by atoms with E-state index in [4.69, 9.17) is 5.26 Å². The summed E-state index contributed by atoms with van der Waals surface area (Å²) in [4.78, 5) is 13.6. The van der Waals surface area contributed by atoms with Crippen molar-refractivity contribution < 1.29 is 21.6 Å². The first-order chi connectivity index (χ1) is 17.0. The number of alkyl halides is 3. The van der Waals surface area contributed by atoms with Gasteiger partial charge in [0.2, 0.25) is 10.0 Å². The molecule has 0 radical (unpaired) electrons. The van der Waals surface area contributed by atoms with E-state index in [-0.39, 0.29) is 22.8 Å². The monoisotopic (exact) mass is 513 g/mol. The molecule has 4 aromatic rings. The summed E-state index contributed by atoms with van der Waals surface area (Å²) in [5.41, 5.74) is -0.748. The summed E-state index contributed by atoms with van der Waals surface area (Å²) < 4.78 is 70.0. The SMILES string of the molecule is Cc1c(-c2ccnn2-c2ccc(C#N)cc2)n(S(=O)(=O)C2CC2)c(=O)n1-c1cccc(C(F)(F)F)c1. The summed E-state index contributed by atoms with van der Waals surface area (Å²) in [7, 11) is -4.13. The zero-order valence-electron chi connectivity index (χ0n) is 18.8. The number of nitrogens with zero attached hydrogens (tertiary/aromatic N) is 5. The number of hydrogen-bond donors (Lipinski definition) is 0. The lowest BCUT2D eigenvalue weighted by molar-refractivity contribution is -0.137. The number of nitriles is 1. The van der Waals surface area contributed by atoms with E-state index >= 15 is 0 Å². The molecular weight excluding hydrogens is 495 g/mol. The third kappa shape index (κ3) is 3.81. The molecule has 2 heterocycles. The van der Waals surface area contributed by atoms with E-state index in [0.29, 0.717) is 28.1 Å². The molecule has 0 N–H and O–H groups in total. The van der Waals surface area contributed by atoms with Crippen LogP contribution in [0.1, 0.15) is 29.7 Å². The maximum atomic E-state index is 13.6. The molecule has 1 saturated carbocycles. The predicted octanol–water partition coefficient (Wildman–Crippen LogP) is 4.03. The van der Waals surface area contributed by atoms with Crippen LogP contribution in [0.15, 0.2) is 65.6 Å². The van der Waals surface area contributed by atoms with Crippen LogP contribution in [0, 0.1) is 18.3 Å². The van der Waals surface area contributed by atoms with Crippen molar-refractivity contribution in [1.82, 2.24) is 18.3 Å². The number of imidazole rings is 1. The first-order valence-electron chi connectivity index (χ1n) is 10.9. The Hall–Kier alpha value is -4.11. The molecule has 0 aliphatic heterocycles. The minimum Gasteiger partial charge on any atom is -0.264 e. The second-order valence-electron chi connectivity index (χ2n) is 8.40. The molecule has 184 valence electrons. The van der Waals surface area contributed by atoms with Crippen LogP contribution in [0.5, 0.6) is 0 Å². The van der Waals surface area contributed by atoms with E-state index in [1.807, 2.05) is 6.07 Å². The Morgan fingerprint density at radius 2 is 1.75 bits per heavy atom. The standard InChI is InChI=1S/C24H18F3N5O3S/c1-15-22(21-11-12-29-31(21)18-7-5-16(14-28)6-8-18)32(36(34,35)20-9-10-20)23(33)30(15)19-4-2-3-17(13-19)24(25,26)27/h2-8,11-13,20H,9-10H2,1H3. The van der Waals surface area contributed by atoms with E-state index in [1.165, 1.54) is 29.9 Å². The molecule has 5 rings (SSSR count). The first kappa shape index (κ1) is 23.6. The molecule has 0 bridgehead atoms. The Kier molecular flexibility index (Phi) is 5.40. The maximum Gasteiger partial charge on any atom is 0.416 e. The predicted molar refractivity (Wildman–Crippen MR) is 124 cm³/mol. The molecule has 0 unspecified atom stereocenters. The van der Waals surface area contributed by atoms with Crippen molar-refractivity contribution in [3.8, 4) is 28.8 Å². The molecule has 1 aliphatic rings. The van der Waals surface area contributed by atoms with Crippen LogP contribution in [0.4, 0.5) is 13.2 Å². The van der Waals surface area contributed by atoms with Crippen molar-refractivity contribution in [2.24, 2.45) is 0 Å². The van der Waals surface area contributed by atoms with Gasteiger partial charge in [0.15, 0.2) is 0 Å². The fraction of sp³-hybridized carbons (Fsp3) is 0.208. The lowest BCUT2D eigenvalue weighted by atomic mass is 10.2. The number of halogens is 3. The van der Waals surface area contributed by atoms with Gasteiger partial charge in [0.05, 0.1) is 51.4 Å². The molecule has 12 heteroatoms. The second-order valence-corrected chi connectivity index (χ2v) is 10.5. The van der Waals surface area contributed by atoms with Crippen LogP contribution in [0.3, 0.4) is 0 Å². The number of hydrogen-bond acceptors (Lipinski definition) is 5. The molecule has 0 atom stereocenters. The highest BCUT2D eigenvalue weighted by Crippen LogP contribution is 2.35. The molecular formula is C24H18F3N5O3S. The van der Waals surface area contributed by atoms with Crippen molar-refractivity contribution in [2.45, 2.75) is 31.2 Å². The highest BCUT2D eigenvalue weighted by atomic mass is 32.2. The lowest BCUT2D eigenvalue weighted by Gasteiger charge is -2.12. The number of rotatable bonds is 5. The van der Waals surface area contributed by atoms with Crippen LogP contribution in [0.25, 0.3) is 22.8 Å². The maximum absolute atomic E-state index is 13.6. The van der Waals surface area contributed by atoms with Crippen molar-refractivity contribution >= 4 is 10.0 Å². The van der Waals surface area contributed by atoms with E-state index in [9.17, 15) is 26.4 Å². The Morgan fingerprint density at radius 3 is 2.36 bits per heavy atom. The van der Waals surface area contributed by atoms with Crippen molar-refractivity contribution in [3.63, 3.8) is 0 Å². The zero-order chi connectivity index (χ0) is 25.8. The van der Waals surface area contributed by atoms with Gasteiger partial charge in [-0.3, -0.25) is 4.57 Å².